The lowest BCUT2D eigenvalue weighted by molar-refractivity contribution is 0.398. The Labute approximate surface area is 151 Å². The lowest BCUT2D eigenvalue weighted by Gasteiger charge is -2.23. The molecule has 0 spiro atoms. The Morgan fingerprint density at radius 1 is 1.08 bits per heavy atom. The monoisotopic (exact) mass is 349 g/mol. The largest absolute Gasteiger partial charge is 0.340 e. The van der Waals surface area contributed by atoms with Crippen molar-refractivity contribution in [3.63, 3.8) is 0 Å². The van der Waals surface area contributed by atoms with Crippen LogP contribution in [-0.4, -0.2) is 21.5 Å². The summed E-state index contributed by atoms with van der Waals surface area (Å²) in [6, 6.07) is 12.2. The van der Waals surface area contributed by atoms with E-state index in [2.05, 4.69) is 20.6 Å². The average molecular weight is 349 g/mol. The molecular weight excluding hydrogens is 329 g/mol. The van der Waals surface area contributed by atoms with E-state index in [0.29, 0.717) is 11.5 Å². The number of hydrogen-bond acceptors (Lipinski definition) is 5. The molecule has 2 N–H and O–H groups in total. The van der Waals surface area contributed by atoms with Crippen molar-refractivity contribution in [3.05, 3.63) is 66.5 Å². The van der Waals surface area contributed by atoms with Crippen molar-refractivity contribution in [2.75, 3.05) is 11.9 Å². The molecule has 0 saturated carbocycles. The van der Waals surface area contributed by atoms with Gasteiger partial charge < -0.3 is 10.6 Å². The summed E-state index contributed by atoms with van der Waals surface area (Å²) < 4.78 is 13.5. The van der Waals surface area contributed by atoms with E-state index in [4.69, 9.17) is 4.98 Å². The Bertz CT molecular complexity index is 878. The number of nitrogens with one attached hydrogen (secondary N) is 2. The maximum absolute atomic E-state index is 13.5. The molecule has 3 aromatic rings. The topological polar surface area (TPSA) is 62.7 Å². The molecule has 3 heterocycles. The number of halogens is 1. The highest BCUT2D eigenvalue weighted by Crippen LogP contribution is 2.26. The molecule has 0 radical (unpaired) electrons. The van der Waals surface area contributed by atoms with Crippen LogP contribution in [0.2, 0.25) is 0 Å². The van der Waals surface area contributed by atoms with Gasteiger partial charge in [0.15, 0.2) is 0 Å². The van der Waals surface area contributed by atoms with Gasteiger partial charge >= 0.3 is 0 Å². The van der Waals surface area contributed by atoms with E-state index < -0.39 is 0 Å². The highest BCUT2D eigenvalue weighted by Gasteiger charge is 2.19. The van der Waals surface area contributed by atoms with Gasteiger partial charge in [0.2, 0.25) is 0 Å². The summed E-state index contributed by atoms with van der Waals surface area (Å²) >= 11 is 0. The molecule has 4 rings (SSSR count). The third-order valence-electron chi connectivity index (χ3n) is 4.42. The number of piperidine rings is 1. The van der Waals surface area contributed by atoms with Crippen LogP contribution >= 0.6 is 0 Å². The first-order chi connectivity index (χ1) is 12.8. The maximum Gasteiger partial charge on any atom is 0.148 e. The number of aromatic nitrogens is 3. The summed E-state index contributed by atoms with van der Waals surface area (Å²) in [7, 11) is 0. The normalized spacial score (nSPS) is 17.0. The molecule has 0 aliphatic carbocycles. The molecule has 5 nitrogen and oxygen atoms in total. The van der Waals surface area contributed by atoms with E-state index in [1.165, 1.54) is 18.6 Å². The van der Waals surface area contributed by atoms with Crippen LogP contribution in [0, 0.1) is 5.82 Å². The summed E-state index contributed by atoms with van der Waals surface area (Å²) in [6.07, 6.45) is 6.86. The van der Waals surface area contributed by atoms with Crippen molar-refractivity contribution in [2.24, 2.45) is 0 Å². The minimum absolute atomic E-state index is 0.133. The standard InChI is InChI=1S/C20H20FN5/c21-15-6-3-7-16(11-15)24-19-12-18(14-5-4-9-22-13-14)25-20(26-19)17-8-1-2-10-23-17/h3-7,9,11-13,17,23H,1-2,8,10H2,(H,24,25,26). The molecule has 0 bridgehead atoms. The fourth-order valence-corrected chi connectivity index (χ4v) is 3.13. The third kappa shape index (κ3) is 3.86. The predicted octanol–water partition coefficient (Wildman–Crippen LogP) is 4.24. The first kappa shape index (κ1) is 16.6. The van der Waals surface area contributed by atoms with E-state index in [0.717, 1.165) is 36.5 Å². The van der Waals surface area contributed by atoms with Crippen LogP contribution < -0.4 is 10.6 Å². The summed E-state index contributed by atoms with van der Waals surface area (Å²) in [5.41, 5.74) is 2.38. The van der Waals surface area contributed by atoms with Gasteiger partial charge in [-0.1, -0.05) is 12.5 Å². The van der Waals surface area contributed by atoms with Gasteiger partial charge in [-0.3, -0.25) is 4.98 Å². The van der Waals surface area contributed by atoms with Gasteiger partial charge in [-0.15, -0.1) is 0 Å². The quantitative estimate of drug-likeness (QED) is 0.738. The van der Waals surface area contributed by atoms with Crippen LogP contribution in [-0.2, 0) is 0 Å². The average Bonchev–Trinajstić information content (AvgIpc) is 2.69. The smallest absolute Gasteiger partial charge is 0.148 e. The van der Waals surface area contributed by atoms with Gasteiger partial charge in [0.05, 0.1) is 11.7 Å². The van der Waals surface area contributed by atoms with Crippen LogP contribution in [0.25, 0.3) is 11.3 Å². The molecule has 1 unspecified atom stereocenters. The molecule has 26 heavy (non-hydrogen) atoms. The minimum atomic E-state index is -0.286. The van der Waals surface area contributed by atoms with Crippen molar-refractivity contribution in [2.45, 2.75) is 25.3 Å². The lowest BCUT2D eigenvalue weighted by Crippen LogP contribution is -2.28. The summed E-state index contributed by atoms with van der Waals surface area (Å²) in [4.78, 5) is 13.6. The van der Waals surface area contributed by atoms with E-state index >= 15 is 0 Å². The number of benzene rings is 1. The van der Waals surface area contributed by atoms with Crippen LogP contribution in [0.3, 0.4) is 0 Å². The Balaban J connectivity index is 1.72. The molecule has 132 valence electrons. The van der Waals surface area contributed by atoms with Gasteiger partial charge in [0, 0.05) is 29.7 Å². The van der Waals surface area contributed by atoms with Gasteiger partial charge in [0.1, 0.15) is 17.5 Å². The molecule has 6 heteroatoms. The number of anilines is 2. The second-order valence-electron chi connectivity index (χ2n) is 6.38. The van der Waals surface area contributed by atoms with Gasteiger partial charge in [-0.05, 0) is 49.7 Å². The van der Waals surface area contributed by atoms with Crippen LogP contribution in [0.15, 0.2) is 54.9 Å². The molecular formula is C20H20FN5. The fourth-order valence-electron chi connectivity index (χ4n) is 3.13. The first-order valence-electron chi connectivity index (χ1n) is 8.83. The predicted molar refractivity (Wildman–Crippen MR) is 99.5 cm³/mol. The van der Waals surface area contributed by atoms with E-state index in [1.54, 1.807) is 18.5 Å². The lowest BCUT2D eigenvalue weighted by atomic mass is 10.0. The molecule has 0 amide bonds. The van der Waals surface area contributed by atoms with Crippen molar-refractivity contribution < 1.29 is 4.39 Å². The SMILES string of the molecule is Fc1cccc(Nc2cc(-c3cccnc3)nc(C3CCCCN3)n2)c1. The fraction of sp³-hybridized carbons (Fsp3) is 0.250. The van der Waals surface area contributed by atoms with E-state index in [-0.39, 0.29) is 11.9 Å². The van der Waals surface area contributed by atoms with E-state index in [1.807, 2.05) is 24.3 Å². The second kappa shape index (κ2) is 7.58. The summed E-state index contributed by atoms with van der Waals surface area (Å²) in [5, 5.41) is 6.68. The van der Waals surface area contributed by atoms with Crippen LogP contribution in [0.5, 0.6) is 0 Å². The van der Waals surface area contributed by atoms with Gasteiger partial charge in [0.25, 0.3) is 0 Å². The van der Waals surface area contributed by atoms with Crippen molar-refractivity contribution >= 4 is 11.5 Å². The Morgan fingerprint density at radius 2 is 2.04 bits per heavy atom. The number of nitrogens with zero attached hydrogens (tertiary/aromatic N) is 3. The van der Waals surface area contributed by atoms with E-state index in [9.17, 15) is 4.39 Å². The number of pyridine rings is 1. The first-order valence-corrected chi connectivity index (χ1v) is 8.83. The third-order valence-corrected chi connectivity index (χ3v) is 4.42. The second-order valence-corrected chi connectivity index (χ2v) is 6.38. The maximum atomic E-state index is 13.5. The van der Waals surface area contributed by atoms with Gasteiger partial charge in [-0.2, -0.15) is 0 Å². The van der Waals surface area contributed by atoms with Crippen molar-refractivity contribution in [1.29, 1.82) is 0 Å². The zero-order valence-corrected chi connectivity index (χ0v) is 14.3. The highest BCUT2D eigenvalue weighted by molar-refractivity contribution is 5.65. The van der Waals surface area contributed by atoms with Crippen LogP contribution in [0.1, 0.15) is 31.1 Å². The minimum Gasteiger partial charge on any atom is -0.340 e. The highest BCUT2D eigenvalue weighted by atomic mass is 19.1. The molecule has 1 atom stereocenters. The molecule has 2 aromatic heterocycles. The van der Waals surface area contributed by atoms with Gasteiger partial charge in [-0.25, -0.2) is 14.4 Å². The Kier molecular flexibility index (Phi) is 4.84. The van der Waals surface area contributed by atoms with Crippen LogP contribution in [0.4, 0.5) is 15.9 Å². The molecule has 1 saturated heterocycles. The molecule has 1 aromatic carbocycles. The number of hydrogen-bond donors (Lipinski definition) is 2. The Hall–Kier alpha value is -2.86. The summed E-state index contributed by atoms with van der Waals surface area (Å²) in [6.45, 7) is 0.970. The molecule has 1 aliphatic heterocycles. The molecule has 1 fully saturated rings. The molecule has 1 aliphatic rings. The summed E-state index contributed by atoms with van der Waals surface area (Å²) in [5.74, 6) is 1.11. The van der Waals surface area contributed by atoms with Crippen molar-refractivity contribution in [1.82, 2.24) is 20.3 Å². The van der Waals surface area contributed by atoms with Crippen molar-refractivity contribution in [3.8, 4) is 11.3 Å². The zero-order valence-electron chi connectivity index (χ0n) is 14.3. The number of rotatable bonds is 4. The Morgan fingerprint density at radius 3 is 2.81 bits per heavy atom. The zero-order chi connectivity index (χ0) is 17.8.